The molecule has 2 rings (SSSR count). The van der Waals surface area contributed by atoms with E-state index in [1.807, 2.05) is 0 Å². The van der Waals surface area contributed by atoms with Crippen LogP contribution < -0.4 is 0 Å². The highest BCUT2D eigenvalue weighted by Crippen LogP contribution is 2.28. The van der Waals surface area contributed by atoms with Crippen molar-refractivity contribution in [3.8, 4) is 0 Å². The first kappa shape index (κ1) is 13.1. The minimum absolute atomic E-state index is 0.602. The molecule has 0 aliphatic heterocycles. The van der Waals surface area contributed by atoms with E-state index in [4.69, 9.17) is 0 Å². The lowest BCUT2D eigenvalue weighted by Crippen LogP contribution is -2.03. The largest absolute Gasteiger partial charge is 0.416 e. The number of rotatable bonds is 0. The Kier molecular flexibility index (Phi) is 5.36. The number of halogens is 3. The monoisotopic (exact) mass is 230 g/mol. The summed E-state index contributed by atoms with van der Waals surface area (Å²) in [5.41, 5.74) is -0.602. The van der Waals surface area contributed by atoms with E-state index in [1.165, 1.54) is 50.7 Å². The SMILES string of the molecule is C1CCCCC1.FC(F)(F)c1ccccc1. The molecule has 0 atom stereocenters. The molecule has 0 amide bonds. The highest BCUT2D eigenvalue weighted by atomic mass is 19.4. The molecule has 0 saturated heterocycles. The van der Waals surface area contributed by atoms with Crippen LogP contribution in [0.5, 0.6) is 0 Å². The minimum atomic E-state index is -4.21. The fraction of sp³-hybridized carbons (Fsp3) is 0.538. The quantitative estimate of drug-likeness (QED) is 0.585. The summed E-state index contributed by atoms with van der Waals surface area (Å²) in [6.07, 6.45) is 4.79. The molecule has 0 nitrogen and oxygen atoms in total. The van der Waals surface area contributed by atoms with Crippen molar-refractivity contribution >= 4 is 0 Å². The first-order valence-electron chi connectivity index (χ1n) is 5.73. The van der Waals surface area contributed by atoms with Crippen molar-refractivity contribution in [1.29, 1.82) is 0 Å². The summed E-state index contributed by atoms with van der Waals surface area (Å²) >= 11 is 0. The van der Waals surface area contributed by atoms with Crippen molar-refractivity contribution in [2.45, 2.75) is 44.7 Å². The molecule has 0 aromatic heterocycles. The predicted molar refractivity (Wildman–Crippen MR) is 59.1 cm³/mol. The predicted octanol–water partition coefficient (Wildman–Crippen LogP) is 5.05. The topological polar surface area (TPSA) is 0 Å². The van der Waals surface area contributed by atoms with Gasteiger partial charge in [0.15, 0.2) is 0 Å². The molecule has 1 fully saturated rings. The van der Waals surface area contributed by atoms with E-state index < -0.39 is 11.7 Å². The molecule has 16 heavy (non-hydrogen) atoms. The molecule has 90 valence electrons. The first-order chi connectivity index (χ1) is 7.61. The standard InChI is InChI=1S/C7H5F3.C6H12/c8-7(9,10)6-4-2-1-3-5-6;1-2-4-6-5-3-1/h1-5H;1-6H2. The maximum absolute atomic E-state index is 11.8. The Balaban J connectivity index is 0.000000181. The van der Waals surface area contributed by atoms with Crippen molar-refractivity contribution in [2.75, 3.05) is 0 Å². The molecule has 0 heterocycles. The molecule has 0 spiro atoms. The summed E-state index contributed by atoms with van der Waals surface area (Å²) in [5.74, 6) is 0. The van der Waals surface area contributed by atoms with Gasteiger partial charge in [0.1, 0.15) is 0 Å². The van der Waals surface area contributed by atoms with Crippen LogP contribution in [-0.4, -0.2) is 0 Å². The third-order valence-electron chi connectivity index (χ3n) is 2.60. The number of hydrogen-bond donors (Lipinski definition) is 0. The van der Waals surface area contributed by atoms with E-state index in [9.17, 15) is 13.2 Å². The van der Waals surface area contributed by atoms with Crippen LogP contribution in [0.15, 0.2) is 30.3 Å². The van der Waals surface area contributed by atoms with Crippen LogP contribution in [0.3, 0.4) is 0 Å². The molecule has 0 N–H and O–H groups in total. The summed E-state index contributed by atoms with van der Waals surface area (Å²) in [6, 6.07) is 6.36. The highest BCUT2D eigenvalue weighted by Gasteiger charge is 2.29. The smallest absolute Gasteiger partial charge is 0.166 e. The molecule has 1 aromatic carbocycles. The van der Waals surface area contributed by atoms with Crippen LogP contribution in [0, 0.1) is 0 Å². The molecule has 0 radical (unpaired) electrons. The lowest BCUT2D eigenvalue weighted by Gasteiger charge is -2.05. The van der Waals surface area contributed by atoms with Gasteiger partial charge < -0.3 is 0 Å². The zero-order chi connectivity index (χ0) is 11.9. The van der Waals surface area contributed by atoms with Gasteiger partial charge in [-0.1, -0.05) is 68.9 Å². The summed E-state index contributed by atoms with van der Waals surface area (Å²) in [7, 11) is 0. The average Bonchev–Trinajstić information content (AvgIpc) is 2.32. The van der Waals surface area contributed by atoms with Crippen LogP contribution in [0.1, 0.15) is 44.1 Å². The fourth-order valence-electron chi connectivity index (χ4n) is 1.69. The molecular weight excluding hydrogens is 213 g/mol. The first-order valence-corrected chi connectivity index (χ1v) is 5.73. The Morgan fingerprint density at radius 2 is 1.06 bits per heavy atom. The van der Waals surface area contributed by atoms with E-state index in [1.54, 1.807) is 6.07 Å². The molecule has 1 aromatic rings. The van der Waals surface area contributed by atoms with Gasteiger partial charge in [-0.15, -0.1) is 0 Å². The third kappa shape index (κ3) is 5.19. The van der Waals surface area contributed by atoms with Crippen molar-refractivity contribution in [3.05, 3.63) is 35.9 Å². The fourth-order valence-corrected chi connectivity index (χ4v) is 1.69. The maximum Gasteiger partial charge on any atom is 0.416 e. The van der Waals surface area contributed by atoms with Crippen molar-refractivity contribution in [1.82, 2.24) is 0 Å². The highest BCUT2D eigenvalue weighted by molar-refractivity contribution is 5.17. The maximum atomic E-state index is 11.8. The van der Waals surface area contributed by atoms with Gasteiger partial charge in [0.2, 0.25) is 0 Å². The molecule has 0 unspecified atom stereocenters. The van der Waals surface area contributed by atoms with Crippen LogP contribution in [0.2, 0.25) is 0 Å². The van der Waals surface area contributed by atoms with Crippen LogP contribution in [0.25, 0.3) is 0 Å². The van der Waals surface area contributed by atoms with Gasteiger partial charge in [-0.05, 0) is 0 Å². The summed E-state index contributed by atoms with van der Waals surface area (Å²) in [4.78, 5) is 0. The Hall–Kier alpha value is -0.990. The van der Waals surface area contributed by atoms with Crippen molar-refractivity contribution in [2.24, 2.45) is 0 Å². The average molecular weight is 230 g/mol. The Morgan fingerprint density at radius 1 is 0.688 bits per heavy atom. The van der Waals surface area contributed by atoms with Gasteiger partial charge in [0.05, 0.1) is 5.56 Å². The Labute approximate surface area is 94.5 Å². The van der Waals surface area contributed by atoms with E-state index in [2.05, 4.69) is 0 Å². The number of hydrogen-bond acceptors (Lipinski definition) is 0. The Morgan fingerprint density at radius 3 is 1.31 bits per heavy atom. The van der Waals surface area contributed by atoms with Gasteiger partial charge in [0.25, 0.3) is 0 Å². The molecule has 3 heteroatoms. The number of benzene rings is 1. The van der Waals surface area contributed by atoms with E-state index in [0.717, 1.165) is 12.1 Å². The molecule has 1 saturated carbocycles. The lowest BCUT2D eigenvalue weighted by molar-refractivity contribution is -0.137. The molecule has 1 aliphatic carbocycles. The van der Waals surface area contributed by atoms with Gasteiger partial charge in [0, 0.05) is 0 Å². The van der Waals surface area contributed by atoms with E-state index in [-0.39, 0.29) is 0 Å². The number of alkyl halides is 3. The molecule has 0 bridgehead atoms. The van der Waals surface area contributed by atoms with Gasteiger partial charge in [-0.25, -0.2) is 0 Å². The van der Waals surface area contributed by atoms with Crippen LogP contribution in [0.4, 0.5) is 13.2 Å². The van der Waals surface area contributed by atoms with Crippen molar-refractivity contribution in [3.63, 3.8) is 0 Å². The Bertz CT molecular complexity index is 261. The van der Waals surface area contributed by atoms with Gasteiger partial charge >= 0.3 is 6.18 Å². The summed E-state index contributed by atoms with van der Waals surface area (Å²) < 4.78 is 35.4. The normalized spacial score (nSPS) is 16.2. The second-order valence-electron chi connectivity index (χ2n) is 3.99. The second kappa shape index (κ2) is 6.56. The second-order valence-corrected chi connectivity index (χ2v) is 3.99. The summed E-state index contributed by atoms with van der Waals surface area (Å²) in [6.45, 7) is 0. The zero-order valence-corrected chi connectivity index (χ0v) is 9.26. The van der Waals surface area contributed by atoms with Gasteiger partial charge in [-0.3, -0.25) is 0 Å². The van der Waals surface area contributed by atoms with Gasteiger partial charge in [-0.2, -0.15) is 13.2 Å². The molecular formula is C13H17F3. The third-order valence-corrected chi connectivity index (χ3v) is 2.60. The van der Waals surface area contributed by atoms with E-state index >= 15 is 0 Å². The lowest BCUT2D eigenvalue weighted by atomic mass is 10.0. The van der Waals surface area contributed by atoms with Crippen molar-refractivity contribution < 1.29 is 13.2 Å². The summed E-state index contributed by atoms with van der Waals surface area (Å²) in [5, 5.41) is 0. The minimum Gasteiger partial charge on any atom is -0.166 e. The zero-order valence-electron chi connectivity index (χ0n) is 9.26. The van der Waals surface area contributed by atoms with E-state index in [0.29, 0.717) is 0 Å². The van der Waals surface area contributed by atoms with Crippen LogP contribution >= 0.6 is 0 Å². The molecule has 1 aliphatic rings. The van der Waals surface area contributed by atoms with Crippen LogP contribution in [-0.2, 0) is 6.18 Å².